The lowest BCUT2D eigenvalue weighted by Gasteiger charge is -2.25. The Balaban J connectivity index is 1.83. The molecule has 0 aliphatic carbocycles. The number of hydrogen-bond donors (Lipinski definition) is 2. The van der Waals surface area contributed by atoms with Crippen molar-refractivity contribution in [3.63, 3.8) is 0 Å². The molecule has 0 spiro atoms. The molecule has 2 atom stereocenters. The number of carboxylic acid groups (broad SMARTS) is 1. The maximum Gasteiger partial charge on any atom is 0.317 e. The molecule has 1 aromatic rings. The number of aryl methyl sites for hydroxylation is 2. The van der Waals surface area contributed by atoms with Gasteiger partial charge in [-0.2, -0.15) is 0 Å². The number of nitrogens with one attached hydrogen (secondary N) is 1. The molecule has 2 unspecified atom stereocenters. The molecule has 1 aliphatic heterocycles. The molecular formula is C21H33N3O3. The van der Waals surface area contributed by atoms with Gasteiger partial charge in [0.05, 0.1) is 19.1 Å². The van der Waals surface area contributed by atoms with Gasteiger partial charge in [0.25, 0.3) is 0 Å². The molecule has 6 heteroatoms. The lowest BCUT2D eigenvalue weighted by atomic mass is 10.0. The highest BCUT2D eigenvalue weighted by atomic mass is 16.4. The average molecular weight is 376 g/mol. The fourth-order valence-corrected chi connectivity index (χ4v) is 3.69. The summed E-state index contributed by atoms with van der Waals surface area (Å²) in [6, 6.07) is 6.55. The first-order valence-electron chi connectivity index (χ1n) is 9.77. The van der Waals surface area contributed by atoms with Gasteiger partial charge in [-0.25, -0.2) is 0 Å². The number of rotatable bonds is 7. The van der Waals surface area contributed by atoms with Gasteiger partial charge in [0.2, 0.25) is 5.91 Å². The minimum atomic E-state index is -0.793. The summed E-state index contributed by atoms with van der Waals surface area (Å²) in [5, 5.41) is 12.1. The van der Waals surface area contributed by atoms with E-state index in [0.717, 1.165) is 37.9 Å². The van der Waals surface area contributed by atoms with E-state index in [1.807, 2.05) is 18.9 Å². The number of carboxylic acids is 1. The Bertz CT molecular complexity index is 662. The van der Waals surface area contributed by atoms with Crippen molar-refractivity contribution in [3.05, 3.63) is 34.9 Å². The van der Waals surface area contributed by atoms with Crippen molar-refractivity contribution in [3.8, 4) is 0 Å². The summed E-state index contributed by atoms with van der Waals surface area (Å²) in [5.41, 5.74) is 3.61. The van der Waals surface area contributed by atoms with Gasteiger partial charge in [-0.05, 0) is 70.3 Å². The summed E-state index contributed by atoms with van der Waals surface area (Å²) in [4.78, 5) is 27.5. The predicted molar refractivity (Wildman–Crippen MR) is 107 cm³/mol. The quantitative estimate of drug-likeness (QED) is 0.765. The molecule has 150 valence electrons. The third kappa shape index (κ3) is 6.63. The van der Waals surface area contributed by atoms with Gasteiger partial charge in [0.1, 0.15) is 0 Å². The fourth-order valence-electron chi connectivity index (χ4n) is 3.69. The number of likely N-dealkylation sites (N-methyl/N-ethyl adjacent to an activating group) is 1. The van der Waals surface area contributed by atoms with Crippen LogP contribution in [0.2, 0.25) is 0 Å². The van der Waals surface area contributed by atoms with Crippen LogP contribution in [-0.2, 0) is 9.59 Å². The normalized spacial score (nSPS) is 19.5. The largest absolute Gasteiger partial charge is 0.480 e. The van der Waals surface area contributed by atoms with E-state index >= 15 is 0 Å². The molecule has 1 amide bonds. The molecule has 1 aromatic carbocycles. The van der Waals surface area contributed by atoms with Gasteiger partial charge >= 0.3 is 5.97 Å². The van der Waals surface area contributed by atoms with E-state index in [1.54, 1.807) is 0 Å². The van der Waals surface area contributed by atoms with Crippen LogP contribution in [0.1, 0.15) is 48.9 Å². The van der Waals surface area contributed by atoms with Crippen LogP contribution in [-0.4, -0.2) is 66.1 Å². The van der Waals surface area contributed by atoms with Crippen LogP contribution in [0, 0.1) is 13.8 Å². The third-order valence-corrected chi connectivity index (χ3v) is 5.57. The van der Waals surface area contributed by atoms with Gasteiger partial charge in [-0.3, -0.25) is 19.4 Å². The van der Waals surface area contributed by atoms with Crippen LogP contribution < -0.4 is 5.32 Å². The van der Waals surface area contributed by atoms with Gasteiger partial charge in [0.15, 0.2) is 0 Å². The Morgan fingerprint density at radius 3 is 2.67 bits per heavy atom. The predicted octanol–water partition coefficient (Wildman–Crippen LogP) is 2.35. The minimum absolute atomic E-state index is 0.0155. The molecule has 1 saturated heterocycles. The summed E-state index contributed by atoms with van der Waals surface area (Å²) in [5.74, 6) is -0.753. The number of likely N-dealkylation sites (tertiary alicyclic amines) is 1. The molecule has 2 rings (SSSR count). The second-order valence-electron chi connectivity index (χ2n) is 7.80. The van der Waals surface area contributed by atoms with Crippen LogP contribution in [0.15, 0.2) is 18.2 Å². The first kappa shape index (κ1) is 21.4. The molecule has 0 bridgehead atoms. The summed E-state index contributed by atoms with van der Waals surface area (Å²) < 4.78 is 0. The monoisotopic (exact) mass is 375 g/mol. The van der Waals surface area contributed by atoms with E-state index in [2.05, 4.69) is 42.3 Å². The second-order valence-corrected chi connectivity index (χ2v) is 7.80. The Morgan fingerprint density at radius 1 is 1.26 bits per heavy atom. The summed E-state index contributed by atoms with van der Waals surface area (Å²) >= 11 is 0. The first-order valence-corrected chi connectivity index (χ1v) is 9.77. The fraction of sp³-hybridized carbons (Fsp3) is 0.619. The SMILES string of the molecule is Cc1ccc(C(C)NC(=O)CN2CCCC(N(C)CC(=O)O)CC2)cc1C. The van der Waals surface area contributed by atoms with Gasteiger partial charge in [-0.1, -0.05) is 18.2 Å². The van der Waals surface area contributed by atoms with E-state index in [-0.39, 0.29) is 24.5 Å². The Morgan fingerprint density at radius 2 is 2.00 bits per heavy atom. The van der Waals surface area contributed by atoms with E-state index in [1.165, 1.54) is 11.1 Å². The zero-order valence-corrected chi connectivity index (χ0v) is 17.0. The highest BCUT2D eigenvalue weighted by Crippen LogP contribution is 2.18. The number of benzene rings is 1. The van der Waals surface area contributed by atoms with Crippen LogP contribution in [0.4, 0.5) is 0 Å². The Kier molecular flexibility index (Phi) is 7.80. The van der Waals surface area contributed by atoms with Crippen molar-refractivity contribution in [1.29, 1.82) is 0 Å². The van der Waals surface area contributed by atoms with E-state index in [0.29, 0.717) is 6.54 Å². The highest BCUT2D eigenvalue weighted by molar-refractivity contribution is 5.78. The topological polar surface area (TPSA) is 72.9 Å². The molecule has 1 aliphatic rings. The van der Waals surface area contributed by atoms with Gasteiger partial charge in [0, 0.05) is 12.6 Å². The Hall–Kier alpha value is -1.92. The lowest BCUT2D eigenvalue weighted by Crippen LogP contribution is -2.40. The third-order valence-electron chi connectivity index (χ3n) is 5.57. The maximum atomic E-state index is 12.5. The zero-order valence-electron chi connectivity index (χ0n) is 17.0. The summed E-state index contributed by atoms with van der Waals surface area (Å²) in [7, 11) is 1.87. The van der Waals surface area contributed by atoms with Crippen molar-refractivity contribution < 1.29 is 14.7 Å². The van der Waals surface area contributed by atoms with Crippen molar-refractivity contribution in [1.82, 2.24) is 15.1 Å². The molecule has 6 nitrogen and oxygen atoms in total. The summed E-state index contributed by atoms with van der Waals surface area (Å²) in [6.45, 7) is 8.35. The number of nitrogens with zero attached hydrogens (tertiary/aromatic N) is 2. The highest BCUT2D eigenvalue weighted by Gasteiger charge is 2.23. The standard InChI is InChI=1S/C21H33N3O3/c1-15-7-8-18(12-16(15)2)17(3)22-20(25)13-24-10-5-6-19(9-11-24)23(4)14-21(26)27/h7-8,12,17,19H,5-6,9-11,13-14H2,1-4H3,(H,22,25)(H,26,27). The van der Waals surface area contributed by atoms with Crippen LogP contribution >= 0.6 is 0 Å². The van der Waals surface area contributed by atoms with Crippen molar-refractivity contribution in [2.24, 2.45) is 0 Å². The van der Waals surface area contributed by atoms with Crippen LogP contribution in [0.3, 0.4) is 0 Å². The van der Waals surface area contributed by atoms with Gasteiger partial charge in [-0.15, -0.1) is 0 Å². The number of hydrogen-bond acceptors (Lipinski definition) is 4. The molecule has 0 aromatic heterocycles. The van der Waals surface area contributed by atoms with Crippen molar-refractivity contribution in [2.75, 3.05) is 33.2 Å². The van der Waals surface area contributed by atoms with Crippen molar-refractivity contribution in [2.45, 2.75) is 52.1 Å². The molecule has 1 heterocycles. The smallest absolute Gasteiger partial charge is 0.317 e. The molecule has 27 heavy (non-hydrogen) atoms. The number of carbonyl (C=O) groups excluding carboxylic acids is 1. The van der Waals surface area contributed by atoms with Crippen LogP contribution in [0.25, 0.3) is 0 Å². The molecule has 2 N–H and O–H groups in total. The molecular weight excluding hydrogens is 342 g/mol. The average Bonchev–Trinajstić information content (AvgIpc) is 2.82. The maximum absolute atomic E-state index is 12.5. The number of amides is 1. The van der Waals surface area contributed by atoms with Crippen molar-refractivity contribution >= 4 is 11.9 Å². The molecule has 0 radical (unpaired) electrons. The minimum Gasteiger partial charge on any atom is -0.480 e. The first-order chi connectivity index (χ1) is 12.8. The lowest BCUT2D eigenvalue weighted by molar-refractivity contribution is -0.138. The number of carbonyl (C=O) groups is 2. The number of aliphatic carboxylic acids is 1. The second kappa shape index (κ2) is 9.85. The van der Waals surface area contributed by atoms with E-state index in [4.69, 9.17) is 5.11 Å². The molecule has 0 saturated carbocycles. The van der Waals surface area contributed by atoms with Crippen LogP contribution in [0.5, 0.6) is 0 Å². The van der Waals surface area contributed by atoms with E-state index < -0.39 is 5.97 Å². The zero-order chi connectivity index (χ0) is 20.0. The molecule has 1 fully saturated rings. The van der Waals surface area contributed by atoms with E-state index in [9.17, 15) is 9.59 Å². The Labute approximate surface area is 162 Å². The van der Waals surface area contributed by atoms with Gasteiger partial charge < -0.3 is 10.4 Å². The summed E-state index contributed by atoms with van der Waals surface area (Å²) in [6.07, 6.45) is 2.85.